The van der Waals surface area contributed by atoms with Crippen LogP contribution in [0.2, 0.25) is 0 Å². The molecule has 3 aliphatic carbocycles. The minimum atomic E-state index is 0.0741. The molecule has 36 heavy (non-hydrogen) atoms. The maximum atomic E-state index is 3.98. The highest BCUT2D eigenvalue weighted by atomic mass is 14.9. The smallest absolute Gasteiger partial charge is 0.0514 e. The van der Waals surface area contributed by atoms with Crippen LogP contribution < -0.4 is 5.32 Å². The molecule has 6 rings (SSSR count). The Morgan fingerprint density at radius 2 is 1.58 bits per heavy atom. The van der Waals surface area contributed by atoms with Crippen molar-refractivity contribution in [2.75, 3.05) is 5.32 Å². The summed E-state index contributed by atoms with van der Waals surface area (Å²) in [4.78, 5) is 0. The number of rotatable bonds is 4. The van der Waals surface area contributed by atoms with Gasteiger partial charge in [-0.2, -0.15) is 0 Å². The first-order valence-electron chi connectivity index (χ1n) is 13.9. The van der Waals surface area contributed by atoms with E-state index in [1.807, 2.05) is 0 Å². The highest BCUT2D eigenvalue weighted by Gasteiger charge is 2.41. The summed E-state index contributed by atoms with van der Waals surface area (Å²) in [5.41, 5.74) is 14.5. The van der Waals surface area contributed by atoms with Crippen molar-refractivity contribution < 1.29 is 0 Å². The molecule has 0 aliphatic heterocycles. The van der Waals surface area contributed by atoms with Crippen LogP contribution in [0, 0.1) is 6.92 Å². The van der Waals surface area contributed by atoms with Gasteiger partial charge in [-0.05, 0) is 89.6 Å². The summed E-state index contributed by atoms with van der Waals surface area (Å²) in [5.74, 6) is 0.722. The zero-order valence-electron chi connectivity index (χ0n) is 22.3. The molecular weight excluding hydrogens is 434 g/mol. The summed E-state index contributed by atoms with van der Waals surface area (Å²) in [6, 6.07) is 25.0. The second kappa shape index (κ2) is 9.11. The first-order valence-corrected chi connectivity index (χ1v) is 13.9. The molecule has 0 radical (unpaired) electrons. The van der Waals surface area contributed by atoms with E-state index in [1.165, 1.54) is 60.1 Å². The molecule has 0 bridgehead atoms. The Morgan fingerprint density at radius 1 is 0.806 bits per heavy atom. The Labute approximate surface area is 217 Å². The van der Waals surface area contributed by atoms with E-state index in [-0.39, 0.29) is 5.41 Å². The van der Waals surface area contributed by atoms with Crippen LogP contribution in [0.4, 0.5) is 5.69 Å². The number of fused-ring (bicyclic) bond motifs is 2. The van der Waals surface area contributed by atoms with Crippen molar-refractivity contribution in [3.05, 3.63) is 106 Å². The summed E-state index contributed by atoms with van der Waals surface area (Å²) >= 11 is 0. The number of hydrogen-bond acceptors (Lipinski definition) is 1. The van der Waals surface area contributed by atoms with E-state index in [1.54, 1.807) is 27.8 Å². The molecule has 3 aromatic carbocycles. The molecule has 1 heteroatoms. The van der Waals surface area contributed by atoms with Crippen molar-refractivity contribution in [1.82, 2.24) is 0 Å². The maximum absolute atomic E-state index is 3.98. The van der Waals surface area contributed by atoms with Crippen molar-refractivity contribution in [3.63, 3.8) is 0 Å². The number of hydrogen-bond donors (Lipinski definition) is 1. The standard InChI is InChI=1S/C35H39N/c1-23-18-19-27(25-12-7-5-8-13-25)21-32(23)36-33-22-29-31(20-24(33)2)35(3,4)30-17-11-16-28(34(29)30)26-14-9-6-10-15-26/h5,7-8,11-13,16-21,26,33,36H,6,9-10,14-15,22H2,1-4H3. The summed E-state index contributed by atoms with van der Waals surface area (Å²) in [6.07, 6.45) is 10.4. The van der Waals surface area contributed by atoms with Gasteiger partial charge in [-0.25, -0.2) is 0 Å². The average molecular weight is 474 g/mol. The summed E-state index contributed by atoms with van der Waals surface area (Å²) in [6.45, 7) is 9.41. The summed E-state index contributed by atoms with van der Waals surface area (Å²) in [7, 11) is 0. The van der Waals surface area contributed by atoms with Gasteiger partial charge in [-0.15, -0.1) is 0 Å². The van der Waals surface area contributed by atoms with Crippen LogP contribution in [-0.4, -0.2) is 6.04 Å². The fourth-order valence-corrected chi connectivity index (χ4v) is 6.95. The Morgan fingerprint density at radius 3 is 2.36 bits per heavy atom. The predicted octanol–water partition coefficient (Wildman–Crippen LogP) is 9.59. The second-order valence-corrected chi connectivity index (χ2v) is 11.8. The molecule has 0 aromatic heterocycles. The zero-order valence-corrected chi connectivity index (χ0v) is 22.3. The Hall–Kier alpha value is -3.06. The quantitative estimate of drug-likeness (QED) is 0.398. The lowest BCUT2D eigenvalue weighted by Gasteiger charge is -2.30. The van der Waals surface area contributed by atoms with Crippen LogP contribution in [0.1, 0.15) is 87.5 Å². The fourth-order valence-electron chi connectivity index (χ4n) is 6.95. The first kappa shape index (κ1) is 23.3. The topological polar surface area (TPSA) is 12.0 Å². The van der Waals surface area contributed by atoms with Crippen LogP contribution in [0.15, 0.2) is 84.0 Å². The van der Waals surface area contributed by atoms with Gasteiger partial charge in [0, 0.05) is 11.1 Å². The molecule has 1 nitrogen and oxygen atoms in total. The first-order chi connectivity index (χ1) is 17.4. The van der Waals surface area contributed by atoms with Crippen LogP contribution >= 0.6 is 0 Å². The molecular formula is C35H39N. The second-order valence-electron chi connectivity index (χ2n) is 11.8. The molecule has 3 aromatic rings. The van der Waals surface area contributed by atoms with Gasteiger partial charge in [-0.1, -0.05) is 105 Å². The molecule has 0 heterocycles. The average Bonchev–Trinajstić information content (AvgIpc) is 3.12. The SMILES string of the molecule is CC1=CC2=C(CC1Nc1cc(-c3ccccc3)ccc1C)c1c(C3CCCCC3)cccc1C2(C)C. The minimum Gasteiger partial charge on any atom is -0.378 e. The van der Waals surface area contributed by atoms with Crippen molar-refractivity contribution >= 4 is 11.3 Å². The van der Waals surface area contributed by atoms with E-state index in [0.717, 1.165) is 12.3 Å². The minimum absolute atomic E-state index is 0.0741. The lowest BCUT2D eigenvalue weighted by atomic mass is 9.77. The summed E-state index contributed by atoms with van der Waals surface area (Å²) < 4.78 is 0. The lowest BCUT2D eigenvalue weighted by molar-refractivity contribution is 0.442. The van der Waals surface area contributed by atoms with Gasteiger partial charge in [0.25, 0.3) is 0 Å². The fraction of sp³-hybridized carbons (Fsp3) is 0.371. The Balaban J connectivity index is 1.36. The van der Waals surface area contributed by atoms with Crippen LogP contribution in [0.3, 0.4) is 0 Å². The number of anilines is 1. The number of allylic oxidation sites excluding steroid dienone is 2. The molecule has 0 spiro atoms. The number of aryl methyl sites for hydroxylation is 1. The largest absolute Gasteiger partial charge is 0.378 e. The molecule has 3 aliphatic rings. The van der Waals surface area contributed by atoms with Crippen molar-refractivity contribution in [3.8, 4) is 11.1 Å². The van der Waals surface area contributed by atoms with E-state index in [0.29, 0.717) is 6.04 Å². The van der Waals surface area contributed by atoms with Gasteiger partial charge in [0.05, 0.1) is 6.04 Å². The lowest BCUT2D eigenvalue weighted by Crippen LogP contribution is -2.26. The van der Waals surface area contributed by atoms with Gasteiger partial charge < -0.3 is 5.32 Å². The van der Waals surface area contributed by atoms with Crippen LogP contribution in [0.25, 0.3) is 16.7 Å². The van der Waals surface area contributed by atoms with Gasteiger partial charge in [0.2, 0.25) is 0 Å². The van der Waals surface area contributed by atoms with E-state index in [2.05, 4.69) is 106 Å². The number of benzene rings is 3. The van der Waals surface area contributed by atoms with Crippen molar-refractivity contribution in [2.45, 2.75) is 83.6 Å². The van der Waals surface area contributed by atoms with Crippen LogP contribution in [0.5, 0.6) is 0 Å². The van der Waals surface area contributed by atoms with E-state index < -0.39 is 0 Å². The molecule has 1 unspecified atom stereocenters. The van der Waals surface area contributed by atoms with E-state index in [9.17, 15) is 0 Å². The van der Waals surface area contributed by atoms with Crippen molar-refractivity contribution in [1.29, 1.82) is 0 Å². The maximum Gasteiger partial charge on any atom is 0.0514 e. The molecule has 1 N–H and O–H groups in total. The summed E-state index contributed by atoms with van der Waals surface area (Å²) in [5, 5.41) is 3.98. The van der Waals surface area contributed by atoms with Crippen LogP contribution in [-0.2, 0) is 5.41 Å². The molecule has 0 amide bonds. The zero-order chi connectivity index (χ0) is 24.9. The van der Waals surface area contributed by atoms with Gasteiger partial charge in [0.15, 0.2) is 0 Å². The third kappa shape index (κ3) is 3.94. The molecule has 184 valence electrons. The van der Waals surface area contributed by atoms with E-state index in [4.69, 9.17) is 0 Å². The normalized spacial score (nSPS) is 21.1. The predicted molar refractivity (Wildman–Crippen MR) is 155 cm³/mol. The number of nitrogens with one attached hydrogen (secondary N) is 1. The Kier molecular flexibility index (Phi) is 5.91. The highest BCUT2D eigenvalue weighted by Crippen LogP contribution is 2.54. The van der Waals surface area contributed by atoms with Gasteiger partial charge in [0.1, 0.15) is 0 Å². The van der Waals surface area contributed by atoms with Gasteiger partial charge >= 0.3 is 0 Å². The van der Waals surface area contributed by atoms with Gasteiger partial charge in [-0.3, -0.25) is 0 Å². The molecule has 1 atom stereocenters. The van der Waals surface area contributed by atoms with E-state index >= 15 is 0 Å². The molecule has 1 saturated carbocycles. The molecule has 1 fully saturated rings. The monoisotopic (exact) mass is 473 g/mol. The highest BCUT2D eigenvalue weighted by molar-refractivity contribution is 5.86. The molecule has 0 saturated heterocycles. The van der Waals surface area contributed by atoms with Crippen molar-refractivity contribution in [2.24, 2.45) is 0 Å². The Bertz CT molecular complexity index is 1350. The third-order valence-electron chi connectivity index (χ3n) is 9.12. The third-order valence-corrected chi connectivity index (χ3v) is 9.12.